The van der Waals surface area contributed by atoms with Crippen molar-refractivity contribution in [2.75, 3.05) is 21.3 Å². The van der Waals surface area contributed by atoms with Crippen LogP contribution in [0.4, 0.5) is 39.4 Å². The zero-order valence-corrected chi connectivity index (χ0v) is 19.1. The normalized spacial score (nSPS) is 10.5. The summed E-state index contributed by atoms with van der Waals surface area (Å²) in [7, 11) is 0. The summed E-state index contributed by atoms with van der Waals surface area (Å²) in [6, 6.07) is 15.8. The average Bonchev–Trinajstić information content (AvgIpc) is 3.16. The molecule has 168 valence electrons. The van der Waals surface area contributed by atoms with E-state index in [-0.39, 0.29) is 6.03 Å². The molecule has 0 spiro atoms. The van der Waals surface area contributed by atoms with Gasteiger partial charge in [0.1, 0.15) is 11.6 Å². The van der Waals surface area contributed by atoms with Gasteiger partial charge >= 0.3 is 6.03 Å². The smallest absolute Gasteiger partial charge is 0.323 e. The minimum absolute atomic E-state index is 0.343. The molecule has 4 rings (SSSR count). The van der Waals surface area contributed by atoms with E-state index >= 15 is 0 Å². The molecular formula is C23H23ClN8O. The van der Waals surface area contributed by atoms with E-state index in [4.69, 9.17) is 11.6 Å². The van der Waals surface area contributed by atoms with Crippen molar-refractivity contribution in [2.24, 2.45) is 0 Å². The van der Waals surface area contributed by atoms with E-state index in [0.29, 0.717) is 28.2 Å². The molecule has 33 heavy (non-hydrogen) atoms. The van der Waals surface area contributed by atoms with Crippen LogP contribution in [-0.2, 0) is 0 Å². The highest BCUT2D eigenvalue weighted by molar-refractivity contribution is 6.30. The molecule has 4 aromatic rings. The number of rotatable bonds is 6. The third-order valence-corrected chi connectivity index (χ3v) is 4.91. The molecule has 0 aliphatic rings. The highest BCUT2D eigenvalue weighted by Gasteiger charge is 2.08. The summed E-state index contributed by atoms with van der Waals surface area (Å²) in [5, 5.41) is 19.6. The predicted octanol–water partition coefficient (Wildman–Crippen LogP) is 5.91. The number of benzene rings is 2. The molecule has 2 aromatic carbocycles. The van der Waals surface area contributed by atoms with Gasteiger partial charge in [-0.2, -0.15) is 10.1 Å². The van der Waals surface area contributed by atoms with Gasteiger partial charge in [-0.25, -0.2) is 9.78 Å². The number of H-pyrrole nitrogens is 1. The molecule has 2 aromatic heterocycles. The van der Waals surface area contributed by atoms with E-state index in [1.807, 2.05) is 45.0 Å². The maximum Gasteiger partial charge on any atom is 0.323 e. The van der Waals surface area contributed by atoms with Crippen molar-refractivity contribution in [1.29, 1.82) is 0 Å². The third kappa shape index (κ3) is 5.98. The molecule has 0 aliphatic carbocycles. The predicted molar refractivity (Wildman–Crippen MR) is 132 cm³/mol. The quantitative estimate of drug-likeness (QED) is 0.243. The first kappa shape index (κ1) is 22.1. The van der Waals surface area contributed by atoms with Crippen LogP contribution in [-0.4, -0.2) is 26.2 Å². The lowest BCUT2D eigenvalue weighted by atomic mass is 10.2. The van der Waals surface area contributed by atoms with Crippen LogP contribution in [0.5, 0.6) is 0 Å². The lowest BCUT2D eigenvalue weighted by Gasteiger charge is -2.13. The number of hydrogen-bond donors (Lipinski definition) is 5. The second-order valence-corrected chi connectivity index (χ2v) is 7.94. The Morgan fingerprint density at radius 3 is 2.27 bits per heavy atom. The molecule has 2 heterocycles. The van der Waals surface area contributed by atoms with Gasteiger partial charge in [-0.05, 0) is 68.8 Å². The van der Waals surface area contributed by atoms with Gasteiger partial charge in [0.25, 0.3) is 0 Å². The maximum atomic E-state index is 12.3. The number of amides is 2. The van der Waals surface area contributed by atoms with Crippen LogP contribution in [0.3, 0.4) is 0 Å². The van der Waals surface area contributed by atoms with Crippen LogP contribution < -0.4 is 21.3 Å². The maximum absolute atomic E-state index is 12.3. The molecule has 10 heteroatoms. The van der Waals surface area contributed by atoms with Crippen LogP contribution >= 0.6 is 11.6 Å². The van der Waals surface area contributed by atoms with Crippen LogP contribution in [0.25, 0.3) is 0 Å². The number of nitrogens with one attached hydrogen (secondary N) is 5. The molecule has 0 saturated heterocycles. The minimum atomic E-state index is -0.343. The van der Waals surface area contributed by atoms with Crippen molar-refractivity contribution in [3.05, 3.63) is 76.6 Å². The first-order valence-corrected chi connectivity index (χ1v) is 10.6. The molecule has 2 amide bonds. The molecular weight excluding hydrogens is 440 g/mol. The summed E-state index contributed by atoms with van der Waals surface area (Å²) >= 11 is 5.87. The molecule has 9 nitrogen and oxygen atoms in total. The molecule has 5 N–H and O–H groups in total. The Morgan fingerprint density at radius 2 is 1.58 bits per heavy atom. The van der Waals surface area contributed by atoms with Crippen molar-refractivity contribution in [2.45, 2.75) is 20.8 Å². The van der Waals surface area contributed by atoms with Crippen LogP contribution in [0, 0.1) is 20.8 Å². The summed E-state index contributed by atoms with van der Waals surface area (Å²) < 4.78 is 0. The van der Waals surface area contributed by atoms with Gasteiger partial charge in [0, 0.05) is 39.9 Å². The number of carbonyl (C=O) groups excluding carboxylic acids is 1. The van der Waals surface area contributed by atoms with Crippen LogP contribution in [0.15, 0.2) is 54.6 Å². The standard InChI is InChI=1S/C23H23ClN8O/c1-13-10-18(27-23(33)26-17-6-4-16(24)5-7-17)8-9-19(13)28-22-25-14(2)11-20(30-22)29-21-12-15(3)31-32-21/h4-12H,1-3H3,(H2,26,27,33)(H3,25,28,29,30,31,32). The Labute approximate surface area is 196 Å². The lowest BCUT2D eigenvalue weighted by molar-refractivity contribution is 0.262. The molecule has 0 fully saturated rings. The van der Waals surface area contributed by atoms with Gasteiger partial charge in [0.15, 0.2) is 0 Å². The Kier molecular flexibility index (Phi) is 6.41. The SMILES string of the molecule is Cc1cc(Nc2cc(C)nc(Nc3ccc(NC(=O)Nc4ccc(Cl)cc4)cc3C)n2)[nH]n1. The highest BCUT2D eigenvalue weighted by atomic mass is 35.5. The topological polar surface area (TPSA) is 120 Å². The zero-order chi connectivity index (χ0) is 23.4. The third-order valence-electron chi connectivity index (χ3n) is 4.66. The fourth-order valence-electron chi connectivity index (χ4n) is 3.14. The van der Waals surface area contributed by atoms with E-state index in [2.05, 4.69) is 41.4 Å². The number of halogens is 1. The van der Waals surface area contributed by atoms with E-state index in [1.54, 1.807) is 30.3 Å². The second kappa shape index (κ2) is 9.58. The Morgan fingerprint density at radius 1 is 0.848 bits per heavy atom. The Hall–Kier alpha value is -4.11. The molecule has 0 aliphatic heterocycles. The van der Waals surface area contributed by atoms with Gasteiger partial charge in [-0.15, -0.1) is 0 Å². The van der Waals surface area contributed by atoms with Crippen molar-refractivity contribution >= 4 is 52.3 Å². The second-order valence-electron chi connectivity index (χ2n) is 7.51. The Bertz CT molecular complexity index is 1290. The van der Waals surface area contributed by atoms with E-state index < -0.39 is 0 Å². The van der Waals surface area contributed by atoms with E-state index in [1.165, 1.54) is 0 Å². The van der Waals surface area contributed by atoms with Crippen LogP contribution in [0.1, 0.15) is 17.0 Å². The van der Waals surface area contributed by atoms with Crippen molar-refractivity contribution in [1.82, 2.24) is 20.2 Å². The summed E-state index contributed by atoms with van der Waals surface area (Å²) in [5.74, 6) is 1.85. The van der Waals surface area contributed by atoms with Crippen LogP contribution in [0.2, 0.25) is 5.02 Å². The first-order chi connectivity index (χ1) is 15.8. The number of anilines is 6. The van der Waals surface area contributed by atoms with Crippen molar-refractivity contribution in [3.63, 3.8) is 0 Å². The lowest BCUT2D eigenvalue weighted by Crippen LogP contribution is -2.19. The molecule has 0 bridgehead atoms. The number of aryl methyl sites for hydroxylation is 3. The minimum Gasteiger partial charge on any atom is -0.325 e. The van der Waals surface area contributed by atoms with E-state index in [9.17, 15) is 4.79 Å². The molecule has 0 atom stereocenters. The van der Waals surface area contributed by atoms with E-state index in [0.717, 1.165) is 28.5 Å². The number of carbonyl (C=O) groups is 1. The summed E-state index contributed by atoms with van der Waals surface area (Å²) in [5.41, 5.74) is 4.74. The van der Waals surface area contributed by atoms with Crippen molar-refractivity contribution in [3.8, 4) is 0 Å². The highest BCUT2D eigenvalue weighted by Crippen LogP contribution is 2.24. The van der Waals surface area contributed by atoms with Gasteiger partial charge < -0.3 is 21.3 Å². The summed E-state index contributed by atoms with van der Waals surface area (Å²) in [6.45, 7) is 5.74. The molecule has 0 radical (unpaired) electrons. The Balaban J connectivity index is 1.42. The van der Waals surface area contributed by atoms with Gasteiger partial charge in [-0.1, -0.05) is 11.6 Å². The fraction of sp³-hybridized carbons (Fsp3) is 0.130. The molecule has 0 unspecified atom stereocenters. The number of nitrogens with zero attached hydrogens (tertiary/aromatic N) is 3. The number of hydrogen-bond acceptors (Lipinski definition) is 6. The summed E-state index contributed by atoms with van der Waals surface area (Å²) in [4.78, 5) is 21.3. The van der Waals surface area contributed by atoms with Gasteiger partial charge in [0.2, 0.25) is 5.95 Å². The molecule has 0 saturated carbocycles. The average molecular weight is 463 g/mol. The number of urea groups is 1. The summed E-state index contributed by atoms with van der Waals surface area (Å²) in [6.07, 6.45) is 0. The fourth-order valence-corrected chi connectivity index (χ4v) is 3.27. The van der Waals surface area contributed by atoms with Crippen molar-refractivity contribution < 1.29 is 4.79 Å². The van der Waals surface area contributed by atoms with Gasteiger partial charge in [0.05, 0.1) is 5.69 Å². The first-order valence-electron chi connectivity index (χ1n) is 10.2. The number of aromatic amines is 1. The monoisotopic (exact) mass is 462 g/mol. The van der Waals surface area contributed by atoms with Gasteiger partial charge in [-0.3, -0.25) is 5.10 Å². The number of aromatic nitrogens is 4. The zero-order valence-electron chi connectivity index (χ0n) is 18.3. The largest absolute Gasteiger partial charge is 0.325 e.